The summed E-state index contributed by atoms with van der Waals surface area (Å²) in [4.78, 5) is 27.7. The highest BCUT2D eigenvalue weighted by Crippen LogP contribution is 2.31. The highest BCUT2D eigenvalue weighted by atomic mass is 16.5. The van der Waals surface area contributed by atoms with Gasteiger partial charge >= 0.3 is 0 Å². The quantitative estimate of drug-likeness (QED) is 0.481. The van der Waals surface area contributed by atoms with Crippen LogP contribution in [0.5, 0.6) is 11.5 Å². The van der Waals surface area contributed by atoms with Gasteiger partial charge in [0.05, 0.1) is 32.4 Å². The zero-order valence-electron chi connectivity index (χ0n) is 19.4. The fourth-order valence-electron chi connectivity index (χ4n) is 4.32. The lowest BCUT2D eigenvalue weighted by Crippen LogP contribution is -2.33. The van der Waals surface area contributed by atoms with E-state index in [9.17, 15) is 4.79 Å². The molecule has 0 saturated carbocycles. The first-order valence-corrected chi connectivity index (χ1v) is 11.5. The van der Waals surface area contributed by atoms with Gasteiger partial charge in [0.15, 0.2) is 0 Å². The van der Waals surface area contributed by atoms with Gasteiger partial charge in [0.25, 0.3) is 5.56 Å². The normalized spacial score (nSPS) is 17.6. The Morgan fingerprint density at radius 2 is 2.18 bits per heavy atom. The molecule has 0 amide bonds. The van der Waals surface area contributed by atoms with E-state index in [4.69, 9.17) is 28.9 Å². The van der Waals surface area contributed by atoms with Crippen molar-refractivity contribution in [2.45, 2.75) is 25.5 Å². The lowest BCUT2D eigenvalue weighted by molar-refractivity contribution is 0.142. The molecule has 0 bridgehead atoms. The van der Waals surface area contributed by atoms with Gasteiger partial charge in [-0.1, -0.05) is 6.07 Å². The molecule has 1 aromatic carbocycles. The van der Waals surface area contributed by atoms with Crippen LogP contribution in [-0.4, -0.2) is 68.2 Å². The third kappa shape index (κ3) is 4.64. The van der Waals surface area contributed by atoms with Gasteiger partial charge in [0.1, 0.15) is 28.8 Å². The van der Waals surface area contributed by atoms with Gasteiger partial charge in [-0.3, -0.25) is 9.78 Å². The molecule has 2 N–H and O–H groups in total. The first-order valence-electron chi connectivity index (χ1n) is 11.5. The van der Waals surface area contributed by atoms with Crippen LogP contribution >= 0.6 is 0 Å². The summed E-state index contributed by atoms with van der Waals surface area (Å²) in [5.41, 5.74) is 2.46. The molecule has 2 aromatic heterocycles. The molecular weight excluding hydrogens is 438 g/mol. The molecule has 1 fully saturated rings. The fourth-order valence-corrected chi connectivity index (χ4v) is 4.32. The first-order chi connectivity index (χ1) is 16.6. The number of aromatic nitrogens is 3. The number of H-pyrrole nitrogens is 1. The average molecular weight is 468 g/mol. The SMILES string of the molecule is COCCNc1ccc2c(n1)CCN(c1nc3cc(OC)cc(OC4CCOC4)c3c(=O)[nH]1)C2. The number of nitrogens with zero attached hydrogens (tertiary/aromatic N) is 3. The Balaban J connectivity index is 1.41. The van der Waals surface area contributed by atoms with Crippen LogP contribution in [0, 0.1) is 0 Å². The molecule has 0 aliphatic carbocycles. The number of pyridine rings is 1. The Morgan fingerprint density at radius 1 is 1.26 bits per heavy atom. The van der Waals surface area contributed by atoms with E-state index in [2.05, 4.69) is 21.3 Å². The van der Waals surface area contributed by atoms with E-state index in [1.165, 1.54) is 0 Å². The summed E-state index contributed by atoms with van der Waals surface area (Å²) in [6.45, 7) is 3.80. The van der Waals surface area contributed by atoms with Gasteiger partial charge in [0, 0.05) is 57.4 Å². The van der Waals surface area contributed by atoms with Crippen LogP contribution in [0.15, 0.2) is 29.1 Å². The Labute approximate surface area is 197 Å². The molecule has 34 heavy (non-hydrogen) atoms. The van der Waals surface area contributed by atoms with Crippen molar-refractivity contribution in [3.05, 3.63) is 45.9 Å². The van der Waals surface area contributed by atoms with Gasteiger partial charge < -0.3 is 29.2 Å². The number of ether oxygens (including phenoxy) is 4. The van der Waals surface area contributed by atoms with Gasteiger partial charge in [-0.15, -0.1) is 0 Å². The third-order valence-electron chi connectivity index (χ3n) is 6.11. The molecule has 0 radical (unpaired) electrons. The Kier molecular flexibility index (Phi) is 6.50. The van der Waals surface area contributed by atoms with Crippen molar-refractivity contribution in [2.75, 3.05) is 57.3 Å². The van der Waals surface area contributed by atoms with Crippen LogP contribution in [0.3, 0.4) is 0 Å². The minimum Gasteiger partial charge on any atom is -0.497 e. The minimum absolute atomic E-state index is 0.0886. The molecule has 10 nitrogen and oxygen atoms in total. The van der Waals surface area contributed by atoms with E-state index < -0.39 is 0 Å². The number of hydrogen-bond acceptors (Lipinski definition) is 9. The van der Waals surface area contributed by atoms with E-state index in [1.807, 2.05) is 6.07 Å². The molecule has 1 atom stereocenters. The summed E-state index contributed by atoms with van der Waals surface area (Å²) in [5, 5.41) is 3.69. The Bertz CT molecular complexity index is 1220. The smallest absolute Gasteiger partial charge is 0.263 e. The minimum atomic E-state index is -0.238. The van der Waals surface area contributed by atoms with E-state index in [-0.39, 0.29) is 11.7 Å². The molecule has 1 unspecified atom stereocenters. The van der Waals surface area contributed by atoms with Gasteiger partial charge in [-0.05, 0) is 11.6 Å². The summed E-state index contributed by atoms with van der Waals surface area (Å²) in [6.07, 6.45) is 1.45. The highest BCUT2D eigenvalue weighted by Gasteiger charge is 2.23. The number of methoxy groups -OCH3 is 2. The molecule has 0 spiro atoms. The average Bonchev–Trinajstić information content (AvgIpc) is 3.36. The number of hydrogen-bond donors (Lipinski definition) is 2. The maximum Gasteiger partial charge on any atom is 0.263 e. The van der Waals surface area contributed by atoms with Crippen molar-refractivity contribution >= 4 is 22.7 Å². The molecular formula is C24H29N5O5. The predicted octanol–water partition coefficient (Wildman–Crippen LogP) is 2.12. The van der Waals surface area contributed by atoms with Crippen LogP contribution in [-0.2, 0) is 22.4 Å². The van der Waals surface area contributed by atoms with E-state index >= 15 is 0 Å². The molecule has 2 aliphatic heterocycles. The fraction of sp³-hybridized carbons (Fsp3) is 0.458. The maximum absolute atomic E-state index is 13.1. The lowest BCUT2D eigenvalue weighted by Gasteiger charge is -2.29. The lowest BCUT2D eigenvalue weighted by atomic mass is 10.1. The predicted molar refractivity (Wildman–Crippen MR) is 128 cm³/mol. The number of aromatic amines is 1. The zero-order chi connectivity index (χ0) is 23.5. The van der Waals surface area contributed by atoms with Gasteiger partial charge in [-0.2, -0.15) is 0 Å². The van der Waals surface area contributed by atoms with E-state index in [0.29, 0.717) is 67.8 Å². The third-order valence-corrected chi connectivity index (χ3v) is 6.11. The Hall–Kier alpha value is -3.37. The second-order valence-corrected chi connectivity index (χ2v) is 8.41. The number of fused-ring (bicyclic) bond motifs is 2. The van der Waals surface area contributed by atoms with Crippen molar-refractivity contribution in [1.82, 2.24) is 15.0 Å². The molecule has 1 saturated heterocycles. The van der Waals surface area contributed by atoms with Crippen molar-refractivity contribution in [2.24, 2.45) is 0 Å². The van der Waals surface area contributed by atoms with Gasteiger partial charge in [-0.25, -0.2) is 9.97 Å². The van der Waals surface area contributed by atoms with E-state index in [0.717, 1.165) is 29.9 Å². The zero-order valence-corrected chi connectivity index (χ0v) is 19.4. The second-order valence-electron chi connectivity index (χ2n) is 8.41. The second kappa shape index (κ2) is 9.86. The Morgan fingerprint density at radius 3 is 2.97 bits per heavy atom. The number of nitrogens with one attached hydrogen (secondary N) is 2. The van der Waals surface area contributed by atoms with Crippen LogP contribution in [0.25, 0.3) is 10.9 Å². The molecule has 4 heterocycles. The molecule has 3 aromatic rings. The van der Waals surface area contributed by atoms with Crippen LogP contribution in [0.4, 0.5) is 11.8 Å². The monoisotopic (exact) mass is 467 g/mol. The summed E-state index contributed by atoms with van der Waals surface area (Å²) in [7, 11) is 3.26. The number of anilines is 2. The number of benzene rings is 1. The summed E-state index contributed by atoms with van der Waals surface area (Å²) in [6, 6.07) is 7.54. The topological polar surface area (TPSA) is 111 Å². The van der Waals surface area contributed by atoms with Crippen LogP contribution < -0.4 is 25.2 Å². The van der Waals surface area contributed by atoms with Crippen molar-refractivity contribution in [3.63, 3.8) is 0 Å². The van der Waals surface area contributed by atoms with Gasteiger partial charge in [0.2, 0.25) is 5.95 Å². The largest absolute Gasteiger partial charge is 0.497 e. The van der Waals surface area contributed by atoms with Crippen molar-refractivity contribution < 1.29 is 18.9 Å². The molecule has 180 valence electrons. The molecule has 10 heteroatoms. The van der Waals surface area contributed by atoms with Crippen molar-refractivity contribution in [1.29, 1.82) is 0 Å². The highest BCUT2D eigenvalue weighted by molar-refractivity contribution is 5.86. The van der Waals surface area contributed by atoms with Crippen LogP contribution in [0.2, 0.25) is 0 Å². The molecule has 2 aliphatic rings. The standard InChI is InChI=1S/C24H29N5O5/c1-31-10-7-25-21-4-3-15-13-29(8-5-18(15)26-21)24-27-19-11-17(32-2)12-20(22(19)23(30)28-24)34-16-6-9-33-14-16/h3-4,11-12,16H,5-10,13-14H2,1-2H3,(H,25,26)(H,27,28,30). The molecule has 5 rings (SSSR count). The number of rotatable bonds is 8. The summed E-state index contributed by atoms with van der Waals surface area (Å²) < 4.78 is 22.0. The maximum atomic E-state index is 13.1. The van der Waals surface area contributed by atoms with E-state index in [1.54, 1.807) is 26.4 Å². The first kappa shape index (κ1) is 22.4. The summed E-state index contributed by atoms with van der Waals surface area (Å²) >= 11 is 0. The van der Waals surface area contributed by atoms with Crippen LogP contribution in [0.1, 0.15) is 17.7 Å². The van der Waals surface area contributed by atoms with Crippen molar-refractivity contribution in [3.8, 4) is 11.5 Å². The summed E-state index contributed by atoms with van der Waals surface area (Å²) in [5.74, 6) is 2.42.